The molecule has 0 heterocycles. The van der Waals surface area contributed by atoms with Gasteiger partial charge in [0.05, 0.1) is 19.1 Å². The molecule has 0 aliphatic heterocycles. The lowest BCUT2D eigenvalue weighted by atomic mass is 10.1. The van der Waals surface area contributed by atoms with E-state index in [1.54, 1.807) is 18.2 Å². The first-order valence-corrected chi connectivity index (χ1v) is 7.25. The van der Waals surface area contributed by atoms with E-state index in [1.807, 2.05) is 30.3 Å². The van der Waals surface area contributed by atoms with Crippen LogP contribution in [0.2, 0.25) is 10.0 Å². The van der Waals surface area contributed by atoms with Gasteiger partial charge in [-0.15, -0.1) is 0 Å². The molecule has 2 rings (SSSR count). The van der Waals surface area contributed by atoms with Gasteiger partial charge < -0.3 is 10.4 Å². The molecule has 0 unspecified atom stereocenters. The van der Waals surface area contributed by atoms with E-state index in [2.05, 4.69) is 5.32 Å². The first-order valence-electron chi connectivity index (χ1n) is 6.49. The Morgan fingerprint density at radius 1 is 1.14 bits per heavy atom. The Bertz CT molecular complexity index is 617. The van der Waals surface area contributed by atoms with Gasteiger partial charge in [0.25, 0.3) is 0 Å². The highest BCUT2D eigenvalue weighted by atomic mass is 35.5. The van der Waals surface area contributed by atoms with E-state index >= 15 is 0 Å². The quantitative estimate of drug-likeness (QED) is 0.886. The molecular formula is C16H15Cl2NO2. The maximum atomic E-state index is 12.1. The van der Waals surface area contributed by atoms with Crippen molar-refractivity contribution in [2.24, 2.45) is 0 Å². The van der Waals surface area contributed by atoms with Crippen LogP contribution in [-0.4, -0.2) is 17.6 Å². The molecule has 0 aliphatic carbocycles. The smallest absolute Gasteiger partial charge is 0.225 e. The van der Waals surface area contributed by atoms with Crippen molar-refractivity contribution in [1.29, 1.82) is 0 Å². The van der Waals surface area contributed by atoms with Gasteiger partial charge in [-0.25, -0.2) is 0 Å². The standard InChI is InChI=1S/C16H15Cl2NO2/c17-13-7-6-12(14(18)9-13)8-16(21)19-15(10-20)11-4-2-1-3-5-11/h1-7,9,15,20H,8,10H2,(H,19,21)/t15-/m1/s1. The number of nitrogens with one attached hydrogen (secondary N) is 1. The zero-order valence-electron chi connectivity index (χ0n) is 11.2. The number of halogens is 2. The minimum absolute atomic E-state index is 0.138. The number of aliphatic hydroxyl groups is 1. The number of benzene rings is 2. The number of rotatable bonds is 5. The van der Waals surface area contributed by atoms with Gasteiger partial charge in [-0.2, -0.15) is 0 Å². The monoisotopic (exact) mass is 323 g/mol. The highest BCUT2D eigenvalue weighted by Crippen LogP contribution is 2.21. The molecule has 1 amide bonds. The highest BCUT2D eigenvalue weighted by Gasteiger charge is 2.14. The lowest BCUT2D eigenvalue weighted by molar-refractivity contribution is -0.121. The number of carbonyl (C=O) groups excluding carboxylic acids is 1. The van der Waals surface area contributed by atoms with Crippen molar-refractivity contribution in [3.05, 3.63) is 69.7 Å². The van der Waals surface area contributed by atoms with Gasteiger partial charge in [-0.05, 0) is 23.3 Å². The average Bonchev–Trinajstić information content (AvgIpc) is 2.48. The fraction of sp³-hybridized carbons (Fsp3) is 0.188. The van der Waals surface area contributed by atoms with Crippen LogP contribution in [-0.2, 0) is 11.2 Å². The van der Waals surface area contributed by atoms with E-state index < -0.39 is 6.04 Å². The summed E-state index contributed by atoms with van der Waals surface area (Å²) in [5, 5.41) is 13.2. The van der Waals surface area contributed by atoms with E-state index in [0.29, 0.717) is 15.6 Å². The molecule has 0 fully saturated rings. The summed E-state index contributed by atoms with van der Waals surface area (Å²) in [7, 11) is 0. The predicted octanol–water partition coefficient (Wildman–Crippen LogP) is 3.39. The van der Waals surface area contributed by atoms with Crippen molar-refractivity contribution in [2.45, 2.75) is 12.5 Å². The van der Waals surface area contributed by atoms with Crippen LogP contribution in [0.15, 0.2) is 48.5 Å². The molecule has 1 atom stereocenters. The van der Waals surface area contributed by atoms with Crippen LogP contribution in [0.25, 0.3) is 0 Å². The fourth-order valence-corrected chi connectivity index (χ4v) is 2.48. The minimum Gasteiger partial charge on any atom is -0.394 e. The normalized spacial score (nSPS) is 12.0. The molecule has 0 bridgehead atoms. The molecule has 5 heteroatoms. The van der Waals surface area contributed by atoms with Crippen molar-refractivity contribution >= 4 is 29.1 Å². The fourth-order valence-electron chi connectivity index (χ4n) is 2.00. The third-order valence-corrected chi connectivity index (χ3v) is 3.67. The molecule has 0 aliphatic rings. The summed E-state index contributed by atoms with van der Waals surface area (Å²) in [6.07, 6.45) is 0.138. The van der Waals surface area contributed by atoms with E-state index in [4.69, 9.17) is 23.2 Å². The van der Waals surface area contributed by atoms with Crippen molar-refractivity contribution in [3.63, 3.8) is 0 Å². The summed E-state index contributed by atoms with van der Waals surface area (Å²) in [5.74, 6) is -0.206. The van der Waals surface area contributed by atoms with Crippen molar-refractivity contribution in [1.82, 2.24) is 5.32 Å². The Morgan fingerprint density at radius 3 is 2.48 bits per heavy atom. The van der Waals surface area contributed by atoms with Crippen LogP contribution in [0.3, 0.4) is 0 Å². The van der Waals surface area contributed by atoms with Crippen molar-refractivity contribution in [3.8, 4) is 0 Å². The summed E-state index contributed by atoms with van der Waals surface area (Å²) >= 11 is 11.9. The minimum atomic E-state index is -0.426. The lowest BCUT2D eigenvalue weighted by Crippen LogP contribution is -2.32. The second kappa shape index (κ2) is 7.46. The Labute approximate surface area is 133 Å². The number of carbonyl (C=O) groups is 1. The summed E-state index contributed by atoms with van der Waals surface area (Å²) in [6, 6.07) is 13.9. The first-order chi connectivity index (χ1) is 10.1. The molecule has 110 valence electrons. The topological polar surface area (TPSA) is 49.3 Å². The van der Waals surface area contributed by atoms with Crippen LogP contribution in [0.1, 0.15) is 17.2 Å². The van der Waals surface area contributed by atoms with Crippen LogP contribution < -0.4 is 5.32 Å². The third-order valence-electron chi connectivity index (χ3n) is 3.09. The number of amides is 1. The molecule has 0 saturated carbocycles. The second-order valence-corrected chi connectivity index (χ2v) is 5.47. The summed E-state index contributed by atoms with van der Waals surface area (Å²) in [5.41, 5.74) is 1.55. The van der Waals surface area contributed by atoms with Gasteiger partial charge >= 0.3 is 0 Å². The Hall–Kier alpha value is -1.55. The van der Waals surface area contributed by atoms with E-state index in [0.717, 1.165) is 5.56 Å². The van der Waals surface area contributed by atoms with E-state index in [-0.39, 0.29) is 18.9 Å². The van der Waals surface area contributed by atoms with Crippen molar-refractivity contribution in [2.75, 3.05) is 6.61 Å². The molecule has 0 radical (unpaired) electrons. The van der Waals surface area contributed by atoms with Gasteiger partial charge in [0.2, 0.25) is 5.91 Å². The van der Waals surface area contributed by atoms with Crippen molar-refractivity contribution < 1.29 is 9.90 Å². The highest BCUT2D eigenvalue weighted by molar-refractivity contribution is 6.35. The predicted molar refractivity (Wildman–Crippen MR) is 84.6 cm³/mol. The second-order valence-electron chi connectivity index (χ2n) is 4.63. The molecule has 2 aromatic carbocycles. The van der Waals surface area contributed by atoms with E-state index in [9.17, 15) is 9.90 Å². The van der Waals surface area contributed by atoms with Crippen LogP contribution in [0.5, 0.6) is 0 Å². The van der Waals surface area contributed by atoms with Gasteiger partial charge in [0.15, 0.2) is 0 Å². The maximum Gasteiger partial charge on any atom is 0.225 e. The van der Waals surface area contributed by atoms with E-state index in [1.165, 1.54) is 0 Å². The zero-order valence-corrected chi connectivity index (χ0v) is 12.7. The molecular weight excluding hydrogens is 309 g/mol. The molecule has 0 aromatic heterocycles. The van der Waals surface area contributed by atoms with Crippen LogP contribution in [0, 0.1) is 0 Å². The number of aliphatic hydroxyl groups excluding tert-OH is 1. The number of hydrogen-bond acceptors (Lipinski definition) is 2. The Morgan fingerprint density at radius 2 is 1.86 bits per heavy atom. The zero-order chi connectivity index (χ0) is 15.2. The SMILES string of the molecule is O=C(Cc1ccc(Cl)cc1Cl)N[C@H](CO)c1ccccc1. The van der Waals surface area contributed by atoms with Gasteiger partial charge in [0, 0.05) is 10.0 Å². The largest absolute Gasteiger partial charge is 0.394 e. The third kappa shape index (κ3) is 4.46. The van der Waals surface area contributed by atoms with Gasteiger partial charge in [-0.1, -0.05) is 59.6 Å². The summed E-state index contributed by atoms with van der Waals surface area (Å²) < 4.78 is 0. The molecule has 2 N–H and O–H groups in total. The molecule has 21 heavy (non-hydrogen) atoms. The Balaban J connectivity index is 2.03. The first kappa shape index (κ1) is 15.8. The average molecular weight is 324 g/mol. The van der Waals surface area contributed by atoms with Gasteiger partial charge in [0.1, 0.15) is 0 Å². The van der Waals surface area contributed by atoms with Gasteiger partial charge in [-0.3, -0.25) is 4.79 Å². The summed E-state index contributed by atoms with van der Waals surface area (Å²) in [6.45, 7) is -0.163. The van der Waals surface area contributed by atoms with Crippen LogP contribution >= 0.6 is 23.2 Å². The Kier molecular flexibility index (Phi) is 5.62. The molecule has 0 saturated heterocycles. The number of hydrogen-bond donors (Lipinski definition) is 2. The maximum absolute atomic E-state index is 12.1. The lowest BCUT2D eigenvalue weighted by Gasteiger charge is -2.17. The summed E-state index contributed by atoms with van der Waals surface area (Å²) in [4.78, 5) is 12.1. The molecule has 2 aromatic rings. The molecule has 0 spiro atoms. The van der Waals surface area contributed by atoms with Crippen LogP contribution in [0.4, 0.5) is 0 Å². The molecule has 3 nitrogen and oxygen atoms in total.